The molecule has 0 saturated heterocycles. The maximum absolute atomic E-state index is 6.10. The Kier molecular flexibility index (Phi) is 3.49. The molecule has 0 aliphatic rings. The number of rotatable bonds is 3. The first kappa shape index (κ1) is 11.2. The minimum atomic E-state index is 0.580. The lowest BCUT2D eigenvalue weighted by Crippen LogP contribution is -1.92. The van der Waals surface area contributed by atoms with Crippen molar-refractivity contribution in [1.29, 1.82) is 0 Å². The number of nitrogens with zero attached hydrogens (tertiary/aromatic N) is 2. The molecule has 0 spiro atoms. The van der Waals surface area contributed by atoms with Gasteiger partial charge in [-0.15, -0.1) is 11.3 Å². The van der Waals surface area contributed by atoms with Gasteiger partial charge in [-0.2, -0.15) is 11.8 Å². The molecule has 2 aromatic heterocycles. The number of hydrogen-bond acceptors (Lipinski definition) is 4. The van der Waals surface area contributed by atoms with Crippen LogP contribution in [0, 0.1) is 6.92 Å². The van der Waals surface area contributed by atoms with Crippen molar-refractivity contribution in [1.82, 2.24) is 9.97 Å². The molecule has 0 fully saturated rings. The standard InChI is InChI=1S/C10H11ClN2S2/c1-3-14-5-8-12-9(11)7-4-6(2)15-10(7)13-8/h4H,3,5H2,1-2H3. The molecule has 5 heteroatoms. The van der Waals surface area contributed by atoms with Crippen molar-refractivity contribution in [3.8, 4) is 0 Å². The predicted molar refractivity (Wildman–Crippen MR) is 69.0 cm³/mol. The van der Waals surface area contributed by atoms with Gasteiger partial charge in [0.25, 0.3) is 0 Å². The first-order valence-corrected chi connectivity index (χ1v) is 7.06. The van der Waals surface area contributed by atoms with Crippen molar-refractivity contribution >= 4 is 44.9 Å². The second kappa shape index (κ2) is 4.68. The lowest BCUT2D eigenvalue weighted by atomic mass is 10.4. The van der Waals surface area contributed by atoms with E-state index in [1.54, 1.807) is 23.1 Å². The number of aryl methyl sites for hydroxylation is 1. The Bertz CT molecular complexity index is 481. The number of hydrogen-bond donors (Lipinski definition) is 0. The summed E-state index contributed by atoms with van der Waals surface area (Å²) in [4.78, 5) is 11.0. The second-order valence-corrected chi connectivity index (χ2v) is 6.01. The molecule has 0 saturated carbocycles. The quantitative estimate of drug-likeness (QED) is 0.781. The molecular weight excluding hydrogens is 248 g/mol. The zero-order valence-corrected chi connectivity index (χ0v) is 11.0. The number of thiophene rings is 1. The summed E-state index contributed by atoms with van der Waals surface area (Å²) in [6, 6.07) is 2.04. The van der Waals surface area contributed by atoms with Gasteiger partial charge in [0.05, 0.1) is 5.75 Å². The highest BCUT2D eigenvalue weighted by atomic mass is 35.5. The van der Waals surface area contributed by atoms with Crippen molar-refractivity contribution < 1.29 is 0 Å². The van der Waals surface area contributed by atoms with Gasteiger partial charge in [0.1, 0.15) is 15.8 Å². The SMILES string of the molecule is CCSCc1nc(Cl)c2cc(C)sc2n1. The largest absolute Gasteiger partial charge is 0.221 e. The van der Waals surface area contributed by atoms with E-state index in [0.717, 1.165) is 27.5 Å². The molecule has 0 bridgehead atoms. The molecule has 0 unspecified atom stereocenters. The van der Waals surface area contributed by atoms with Crippen LogP contribution in [0.4, 0.5) is 0 Å². The van der Waals surface area contributed by atoms with Crippen LogP contribution in [0.1, 0.15) is 17.6 Å². The summed E-state index contributed by atoms with van der Waals surface area (Å²) in [5.74, 6) is 2.74. The molecule has 0 radical (unpaired) electrons. The summed E-state index contributed by atoms with van der Waals surface area (Å²) in [5.41, 5.74) is 0. The molecule has 2 heterocycles. The summed E-state index contributed by atoms with van der Waals surface area (Å²) in [6.07, 6.45) is 0. The second-order valence-electron chi connectivity index (χ2n) is 3.14. The average Bonchev–Trinajstić information content (AvgIpc) is 2.56. The van der Waals surface area contributed by atoms with Gasteiger partial charge in [0.15, 0.2) is 0 Å². The highest BCUT2D eigenvalue weighted by Gasteiger charge is 2.08. The van der Waals surface area contributed by atoms with E-state index in [0.29, 0.717) is 5.15 Å². The molecule has 0 amide bonds. The van der Waals surface area contributed by atoms with Crippen molar-refractivity contribution in [2.24, 2.45) is 0 Å². The van der Waals surface area contributed by atoms with Gasteiger partial charge in [-0.1, -0.05) is 18.5 Å². The molecule has 0 atom stereocenters. The summed E-state index contributed by atoms with van der Waals surface area (Å²) in [5, 5.41) is 1.56. The fourth-order valence-corrected chi connectivity index (χ4v) is 3.02. The molecule has 0 aliphatic heterocycles. The van der Waals surface area contributed by atoms with Gasteiger partial charge in [0.2, 0.25) is 0 Å². The molecular formula is C10H11ClN2S2. The van der Waals surface area contributed by atoms with Crippen molar-refractivity contribution in [2.45, 2.75) is 19.6 Å². The molecule has 0 aliphatic carbocycles. The van der Waals surface area contributed by atoms with E-state index in [-0.39, 0.29) is 0 Å². The van der Waals surface area contributed by atoms with Crippen LogP contribution >= 0.6 is 34.7 Å². The van der Waals surface area contributed by atoms with E-state index in [9.17, 15) is 0 Å². The third-order valence-electron chi connectivity index (χ3n) is 1.95. The lowest BCUT2D eigenvalue weighted by molar-refractivity contribution is 1.08. The van der Waals surface area contributed by atoms with Gasteiger partial charge in [-0.05, 0) is 18.7 Å². The van der Waals surface area contributed by atoms with Gasteiger partial charge in [-0.25, -0.2) is 9.97 Å². The maximum Gasteiger partial charge on any atom is 0.141 e. The van der Waals surface area contributed by atoms with E-state index in [2.05, 4.69) is 23.8 Å². The number of fused-ring (bicyclic) bond motifs is 1. The number of thioether (sulfide) groups is 1. The minimum Gasteiger partial charge on any atom is -0.221 e. The monoisotopic (exact) mass is 258 g/mol. The molecule has 80 valence electrons. The zero-order valence-electron chi connectivity index (χ0n) is 8.58. The van der Waals surface area contributed by atoms with Gasteiger partial charge in [0, 0.05) is 10.3 Å². The third kappa shape index (κ3) is 2.44. The fraction of sp³-hybridized carbons (Fsp3) is 0.400. The minimum absolute atomic E-state index is 0.580. The smallest absolute Gasteiger partial charge is 0.141 e. The van der Waals surface area contributed by atoms with E-state index in [1.165, 1.54) is 4.88 Å². The van der Waals surface area contributed by atoms with Crippen molar-refractivity contribution in [3.63, 3.8) is 0 Å². The molecule has 2 aromatic rings. The Hall–Kier alpha value is -0.320. The fourth-order valence-electron chi connectivity index (χ4n) is 1.31. The predicted octanol–water partition coefficient (Wildman–Crippen LogP) is 3.91. The van der Waals surface area contributed by atoms with Gasteiger partial charge >= 0.3 is 0 Å². The molecule has 0 aromatic carbocycles. The van der Waals surface area contributed by atoms with Crippen LogP contribution in [0.5, 0.6) is 0 Å². The number of halogens is 1. The lowest BCUT2D eigenvalue weighted by Gasteiger charge is -1.99. The number of aromatic nitrogens is 2. The van der Waals surface area contributed by atoms with Crippen molar-refractivity contribution in [3.05, 3.63) is 21.9 Å². The van der Waals surface area contributed by atoms with E-state index in [1.807, 2.05) is 6.07 Å². The first-order chi connectivity index (χ1) is 7.20. The van der Waals surface area contributed by atoms with Crippen LogP contribution in [0.15, 0.2) is 6.07 Å². The maximum atomic E-state index is 6.10. The molecule has 2 rings (SSSR count). The van der Waals surface area contributed by atoms with E-state index >= 15 is 0 Å². The topological polar surface area (TPSA) is 25.8 Å². The molecule has 15 heavy (non-hydrogen) atoms. The normalized spacial score (nSPS) is 11.1. The zero-order chi connectivity index (χ0) is 10.8. The third-order valence-corrected chi connectivity index (χ3v) is 4.05. The van der Waals surface area contributed by atoms with Crippen LogP contribution < -0.4 is 0 Å². The summed E-state index contributed by atoms with van der Waals surface area (Å²) in [7, 11) is 0. The van der Waals surface area contributed by atoms with Gasteiger partial charge in [-0.3, -0.25) is 0 Å². The summed E-state index contributed by atoms with van der Waals surface area (Å²) < 4.78 is 0. The average molecular weight is 259 g/mol. The Morgan fingerprint density at radius 2 is 2.27 bits per heavy atom. The first-order valence-electron chi connectivity index (χ1n) is 4.71. The van der Waals surface area contributed by atoms with E-state index < -0.39 is 0 Å². The highest BCUT2D eigenvalue weighted by molar-refractivity contribution is 7.98. The Balaban J connectivity index is 2.42. The Labute approximate surface area is 102 Å². The van der Waals surface area contributed by atoms with Crippen LogP contribution in [-0.2, 0) is 5.75 Å². The Morgan fingerprint density at radius 3 is 3.00 bits per heavy atom. The van der Waals surface area contributed by atoms with Gasteiger partial charge < -0.3 is 0 Å². The van der Waals surface area contributed by atoms with Crippen LogP contribution in [-0.4, -0.2) is 15.7 Å². The summed E-state index contributed by atoms with van der Waals surface area (Å²) >= 11 is 9.58. The Morgan fingerprint density at radius 1 is 1.47 bits per heavy atom. The summed E-state index contributed by atoms with van der Waals surface area (Å²) in [6.45, 7) is 4.18. The van der Waals surface area contributed by atoms with Crippen LogP contribution in [0.25, 0.3) is 10.2 Å². The van der Waals surface area contributed by atoms with E-state index in [4.69, 9.17) is 11.6 Å². The van der Waals surface area contributed by atoms with Crippen molar-refractivity contribution in [2.75, 3.05) is 5.75 Å². The van der Waals surface area contributed by atoms with Crippen LogP contribution in [0.3, 0.4) is 0 Å². The highest BCUT2D eigenvalue weighted by Crippen LogP contribution is 2.28. The van der Waals surface area contributed by atoms with Crippen LogP contribution in [0.2, 0.25) is 5.15 Å². The molecule has 0 N–H and O–H groups in total. The molecule has 2 nitrogen and oxygen atoms in total.